The zero-order valence-corrected chi connectivity index (χ0v) is 12.6. The standard InChI is InChI=1S/C17H26N2O2/c18-14-17(10-6-1-2-7-11-17)21-13-16(20)19-12-15-8-4-3-5-9-15/h3-5,8-9H,1-2,6-7,10-14,18H2,(H,19,20). The second-order valence-corrected chi connectivity index (χ2v) is 5.85. The van der Waals surface area contributed by atoms with Gasteiger partial charge in [0.2, 0.25) is 5.91 Å². The zero-order chi connectivity index (χ0) is 15.0. The van der Waals surface area contributed by atoms with Gasteiger partial charge in [0.1, 0.15) is 6.61 Å². The van der Waals surface area contributed by atoms with Crippen LogP contribution >= 0.6 is 0 Å². The Kier molecular flexibility index (Phi) is 6.21. The number of hydrogen-bond donors (Lipinski definition) is 2. The monoisotopic (exact) mass is 290 g/mol. The highest BCUT2D eigenvalue weighted by atomic mass is 16.5. The minimum absolute atomic E-state index is 0.0732. The zero-order valence-electron chi connectivity index (χ0n) is 12.6. The minimum atomic E-state index is -0.291. The van der Waals surface area contributed by atoms with Gasteiger partial charge < -0.3 is 15.8 Å². The molecule has 1 fully saturated rings. The molecule has 1 aliphatic rings. The van der Waals surface area contributed by atoms with Crippen molar-refractivity contribution in [2.75, 3.05) is 13.2 Å². The second kappa shape index (κ2) is 8.15. The van der Waals surface area contributed by atoms with E-state index >= 15 is 0 Å². The molecule has 2 rings (SSSR count). The van der Waals surface area contributed by atoms with E-state index in [0.717, 1.165) is 31.2 Å². The lowest BCUT2D eigenvalue weighted by atomic mass is 9.94. The topological polar surface area (TPSA) is 64.3 Å². The number of hydrogen-bond acceptors (Lipinski definition) is 3. The van der Waals surface area contributed by atoms with Crippen molar-refractivity contribution >= 4 is 5.91 Å². The van der Waals surface area contributed by atoms with Gasteiger partial charge in [0.25, 0.3) is 0 Å². The predicted molar refractivity (Wildman–Crippen MR) is 83.7 cm³/mol. The van der Waals surface area contributed by atoms with Crippen LogP contribution in [0.25, 0.3) is 0 Å². The van der Waals surface area contributed by atoms with Gasteiger partial charge in [-0.05, 0) is 18.4 Å². The van der Waals surface area contributed by atoms with E-state index in [4.69, 9.17) is 10.5 Å². The van der Waals surface area contributed by atoms with Crippen LogP contribution in [0.3, 0.4) is 0 Å². The number of nitrogens with two attached hydrogens (primary N) is 1. The van der Waals surface area contributed by atoms with Crippen LogP contribution in [0.1, 0.15) is 44.1 Å². The molecule has 0 heterocycles. The molecule has 0 radical (unpaired) electrons. The molecule has 0 aliphatic heterocycles. The fraction of sp³-hybridized carbons (Fsp3) is 0.588. The number of amides is 1. The summed E-state index contributed by atoms with van der Waals surface area (Å²) >= 11 is 0. The van der Waals surface area contributed by atoms with Crippen LogP contribution in [0, 0.1) is 0 Å². The van der Waals surface area contributed by atoms with Gasteiger partial charge in [0, 0.05) is 13.1 Å². The van der Waals surface area contributed by atoms with Crippen molar-refractivity contribution in [1.29, 1.82) is 0 Å². The van der Waals surface area contributed by atoms with E-state index in [2.05, 4.69) is 5.32 Å². The average molecular weight is 290 g/mol. The second-order valence-electron chi connectivity index (χ2n) is 5.85. The summed E-state index contributed by atoms with van der Waals surface area (Å²) in [6, 6.07) is 9.88. The Morgan fingerprint density at radius 3 is 2.43 bits per heavy atom. The molecule has 1 saturated carbocycles. The van der Waals surface area contributed by atoms with E-state index in [1.807, 2.05) is 30.3 Å². The first-order valence-electron chi connectivity index (χ1n) is 7.89. The third-order valence-electron chi connectivity index (χ3n) is 4.23. The highest BCUT2D eigenvalue weighted by Crippen LogP contribution is 2.29. The summed E-state index contributed by atoms with van der Waals surface area (Å²) in [6.45, 7) is 1.14. The normalized spacial score (nSPS) is 18.0. The Bertz CT molecular complexity index is 426. The van der Waals surface area contributed by atoms with Crippen LogP contribution in [-0.4, -0.2) is 24.7 Å². The van der Waals surface area contributed by atoms with Gasteiger partial charge in [-0.3, -0.25) is 4.79 Å². The van der Waals surface area contributed by atoms with Gasteiger partial charge in [-0.1, -0.05) is 56.0 Å². The predicted octanol–water partition coefficient (Wildman–Crippen LogP) is 2.37. The molecule has 1 amide bonds. The van der Waals surface area contributed by atoms with Gasteiger partial charge in [-0.25, -0.2) is 0 Å². The van der Waals surface area contributed by atoms with Gasteiger partial charge in [-0.15, -0.1) is 0 Å². The van der Waals surface area contributed by atoms with Crippen molar-refractivity contribution in [3.05, 3.63) is 35.9 Å². The van der Waals surface area contributed by atoms with E-state index in [0.29, 0.717) is 13.1 Å². The van der Waals surface area contributed by atoms with E-state index < -0.39 is 0 Å². The number of benzene rings is 1. The van der Waals surface area contributed by atoms with Crippen LogP contribution in [0.2, 0.25) is 0 Å². The maximum Gasteiger partial charge on any atom is 0.246 e. The van der Waals surface area contributed by atoms with Crippen LogP contribution in [0.15, 0.2) is 30.3 Å². The Hall–Kier alpha value is -1.39. The molecule has 0 bridgehead atoms. The molecule has 4 heteroatoms. The first-order valence-corrected chi connectivity index (χ1v) is 7.89. The molecular weight excluding hydrogens is 264 g/mol. The van der Waals surface area contributed by atoms with Crippen molar-refractivity contribution in [2.45, 2.75) is 50.7 Å². The molecule has 4 nitrogen and oxygen atoms in total. The van der Waals surface area contributed by atoms with Crippen molar-refractivity contribution in [1.82, 2.24) is 5.32 Å². The first-order chi connectivity index (χ1) is 10.2. The quantitative estimate of drug-likeness (QED) is 0.791. The summed E-state index contributed by atoms with van der Waals surface area (Å²) in [6.07, 6.45) is 6.70. The SMILES string of the molecule is NCC1(OCC(=O)NCc2ccccc2)CCCCCC1. The smallest absolute Gasteiger partial charge is 0.246 e. The van der Waals surface area contributed by atoms with Crippen molar-refractivity contribution < 1.29 is 9.53 Å². The summed E-state index contributed by atoms with van der Waals surface area (Å²) in [5.41, 5.74) is 6.70. The Balaban J connectivity index is 1.76. The van der Waals surface area contributed by atoms with E-state index in [9.17, 15) is 4.79 Å². The molecule has 21 heavy (non-hydrogen) atoms. The molecule has 0 aromatic heterocycles. The first kappa shape index (κ1) is 16.0. The van der Waals surface area contributed by atoms with Crippen molar-refractivity contribution in [3.8, 4) is 0 Å². The summed E-state index contributed by atoms with van der Waals surface area (Å²) in [5, 5.41) is 2.89. The molecule has 0 unspecified atom stereocenters. The van der Waals surface area contributed by atoms with Crippen LogP contribution in [-0.2, 0) is 16.1 Å². The summed E-state index contributed by atoms with van der Waals surface area (Å²) < 4.78 is 5.91. The number of rotatable bonds is 6. The lowest BCUT2D eigenvalue weighted by molar-refractivity contribution is -0.134. The van der Waals surface area contributed by atoms with Crippen LogP contribution in [0.5, 0.6) is 0 Å². The number of nitrogens with one attached hydrogen (secondary N) is 1. The van der Waals surface area contributed by atoms with E-state index in [-0.39, 0.29) is 18.1 Å². The molecule has 3 N–H and O–H groups in total. The molecule has 116 valence electrons. The maximum absolute atomic E-state index is 11.9. The van der Waals surface area contributed by atoms with Gasteiger partial charge in [0.05, 0.1) is 5.60 Å². The highest BCUT2D eigenvalue weighted by Gasteiger charge is 2.30. The third kappa shape index (κ3) is 5.14. The summed E-state index contributed by atoms with van der Waals surface area (Å²) in [7, 11) is 0. The fourth-order valence-electron chi connectivity index (χ4n) is 2.85. The van der Waals surface area contributed by atoms with Crippen molar-refractivity contribution in [2.24, 2.45) is 5.73 Å². The molecule has 1 aromatic carbocycles. The van der Waals surface area contributed by atoms with E-state index in [1.54, 1.807) is 0 Å². The van der Waals surface area contributed by atoms with Crippen LogP contribution in [0.4, 0.5) is 0 Å². The summed E-state index contributed by atoms with van der Waals surface area (Å²) in [4.78, 5) is 11.9. The molecule has 1 aromatic rings. The van der Waals surface area contributed by atoms with Gasteiger partial charge >= 0.3 is 0 Å². The molecule has 0 spiro atoms. The lowest BCUT2D eigenvalue weighted by Gasteiger charge is -2.31. The summed E-state index contributed by atoms with van der Waals surface area (Å²) in [5.74, 6) is -0.0732. The number of ether oxygens (including phenoxy) is 1. The lowest BCUT2D eigenvalue weighted by Crippen LogP contribution is -2.43. The molecular formula is C17H26N2O2. The molecule has 1 aliphatic carbocycles. The maximum atomic E-state index is 11.9. The van der Waals surface area contributed by atoms with E-state index in [1.165, 1.54) is 12.8 Å². The van der Waals surface area contributed by atoms with Crippen molar-refractivity contribution in [3.63, 3.8) is 0 Å². The Morgan fingerprint density at radius 1 is 1.14 bits per heavy atom. The van der Waals surface area contributed by atoms with Gasteiger partial charge in [0.15, 0.2) is 0 Å². The molecule has 0 atom stereocenters. The van der Waals surface area contributed by atoms with Crippen LogP contribution < -0.4 is 11.1 Å². The minimum Gasteiger partial charge on any atom is -0.364 e. The average Bonchev–Trinajstić information content (AvgIpc) is 2.78. The number of carbonyl (C=O) groups is 1. The largest absolute Gasteiger partial charge is 0.364 e. The Morgan fingerprint density at radius 2 is 1.81 bits per heavy atom. The Labute approximate surface area is 127 Å². The third-order valence-corrected chi connectivity index (χ3v) is 4.23. The fourth-order valence-corrected chi connectivity index (χ4v) is 2.85. The van der Waals surface area contributed by atoms with Gasteiger partial charge in [-0.2, -0.15) is 0 Å². The highest BCUT2D eigenvalue weighted by molar-refractivity contribution is 5.77. The number of carbonyl (C=O) groups excluding carboxylic acids is 1. The molecule has 0 saturated heterocycles.